The van der Waals surface area contributed by atoms with Crippen LogP contribution >= 0.6 is 0 Å². The SMILES string of the molecule is CC(C)[Si](OCc1ccc(N)c(NC2C3CC4CC(C3)CC2C4)c1)(C(C)C)C(C)C. The van der Waals surface area contributed by atoms with E-state index in [9.17, 15) is 0 Å². The standard InChI is InChI=1S/C26H44N2OSi/c1-16(2)30(17(3)4,18(5)6)29-15-19-7-8-24(27)25(14-19)28-26-22-10-20-9-21(12-22)13-23(26)11-20/h7-8,14,16-18,20-23,26,28H,9-13,15,27H2,1-6H3. The highest BCUT2D eigenvalue weighted by Crippen LogP contribution is 2.54. The minimum atomic E-state index is -1.86. The van der Waals surface area contributed by atoms with Gasteiger partial charge in [0.2, 0.25) is 8.32 Å². The van der Waals surface area contributed by atoms with E-state index in [1.807, 2.05) is 0 Å². The lowest BCUT2D eigenvalue weighted by Gasteiger charge is -2.54. The first kappa shape index (κ1) is 22.2. The zero-order valence-electron chi connectivity index (χ0n) is 20.1. The maximum Gasteiger partial charge on any atom is 0.200 e. The monoisotopic (exact) mass is 428 g/mol. The van der Waals surface area contributed by atoms with E-state index >= 15 is 0 Å². The zero-order chi connectivity index (χ0) is 21.6. The molecule has 0 saturated heterocycles. The summed E-state index contributed by atoms with van der Waals surface area (Å²) < 4.78 is 6.85. The summed E-state index contributed by atoms with van der Waals surface area (Å²) in [7, 11) is -1.86. The van der Waals surface area contributed by atoms with Crippen molar-refractivity contribution in [1.82, 2.24) is 0 Å². The summed E-state index contributed by atoms with van der Waals surface area (Å²) in [5, 5.41) is 3.93. The number of hydrogen-bond donors (Lipinski definition) is 2. The molecule has 1 aromatic carbocycles. The summed E-state index contributed by atoms with van der Waals surface area (Å²) in [6, 6.07) is 7.14. The molecule has 5 rings (SSSR count). The molecule has 4 heteroatoms. The van der Waals surface area contributed by atoms with Crippen molar-refractivity contribution < 1.29 is 4.43 Å². The Hall–Kier alpha value is -1.00. The van der Waals surface area contributed by atoms with E-state index in [1.165, 1.54) is 37.7 Å². The number of rotatable bonds is 8. The second-order valence-corrected chi connectivity index (χ2v) is 17.1. The van der Waals surface area contributed by atoms with Gasteiger partial charge in [-0.05, 0) is 90.1 Å². The second kappa shape index (κ2) is 8.50. The quantitative estimate of drug-likeness (QED) is 0.340. The van der Waals surface area contributed by atoms with E-state index in [2.05, 4.69) is 65.1 Å². The summed E-state index contributed by atoms with van der Waals surface area (Å²) in [5.41, 5.74) is 11.5. The van der Waals surface area contributed by atoms with Gasteiger partial charge in [-0.1, -0.05) is 47.6 Å². The fourth-order valence-corrected chi connectivity index (χ4v) is 13.3. The van der Waals surface area contributed by atoms with Crippen LogP contribution in [-0.2, 0) is 11.0 Å². The van der Waals surface area contributed by atoms with Gasteiger partial charge >= 0.3 is 0 Å². The predicted octanol–water partition coefficient (Wildman–Crippen LogP) is 7.20. The van der Waals surface area contributed by atoms with Crippen LogP contribution in [-0.4, -0.2) is 14.4 Å². The maximum absolute atomic E-state index is 6.85. The zero-order valence-corrected chi connectivity index (χ0v) is 21.1. The molecule has 3 N–H and O–H groups in total. The third-order valence-electron chi connectivity index (χ3n) is 8.86. The van der Waals surface area contributed by atoms with Gasteiger partial charge in [-0.25, -0.2) is 0 Å². The van der Waals surface area contributed by atoms with E-state index in [0.717, 1.165) is 35.0 Å². The van der Waals surface area contributed by atoms with E-state index in [1.54, 1.807) is 0 Å². The van der Waals surface area contributed by atoms with Crippen LogP contribution in [0.1, 0.15) is 79.2 Å². The summed E-state index contributed by atoms with van der Waals surface area (Å²) in [5.74, 6) is 3.71. The summed E-state index contributed by atoms with van der Waals surface area (Å²) in [6.07, 6.45) is 7.22. The smallest absolute Gasteiger partial charge is 0.200 e. The van der Waals surface area contributed by atoms with Crippen molar-refractivity contribution in [3.8, 4) is 0 Å². The van der Waals surface area contributed by atoms with E-state index in [0.29, 0.717) is 29.3 Å². The van der Waals surface area contributed by atoms with Crippen molar-refractivity contribution in [2.75, 3.05) is 11.1 Å². The van der Waals surface area contributed by atoms with Gasteiger partial charge in [0, 0.05) is 6.04 Å². The molecule has 0 unspecified atom stereocenters. The normalized spacial score (nSPS) is 30.6. The molecule has 1 aromatic rings. The van der Waals surface area contributed by atoms with Gasteiger partial charge in [-0.2, -0.15) is 0 Å². The van der Waals surface area contributed by atoms with Crippen LogP contribution in [0, 0.1) is 23.7 Å². The van der Waals surface area contributed by atoms with Crippen LogP contribution in [0.3, 0.4) is 0 Å². The van der Waals surface area contributed by atoms with E-state index in [4.69, 9.17) is 10.2 Å². The Morgan fingerprint density at radius 2 is 1.43 bits per heavy atom. The van der Waals surface area contributed by atoms with Crippen LogP contribution in [0.15, 0.2) is 18.2 Å². The van der Waals surface area contributed by atoms with Crippen LogP contribution in [0.2, 0.25) is 16.6 Å². The number of nitrogens with one attached hydrogen (secondary N) is 1. The molecule has 168 valence electrons. The first-order valence-electron chi connectivity index (χ1n) is 12.5. The van der Waals surface area contributed by atoms with Gasteiger partial charge in [0.25, 0.3) is 0 Å². The van der Waals surface area contributed by atoms with Crippen molar-refractivity contribution in [2.24, 2.45) is 23.7 Å². The molecular weight excluding hydrogens is 384 g/mol. The maximum atomic E-state index is 6.85. The highest BCUT2D eigenvalue weighted by atomic mass is 28.4. The third-order valence-corrected chi connectivity index (χ3v) is 14.9. The van der Waals surface area contributed by atoms with Crippen molar-refractivity contribution in [3.63, 3.8) is 0 Å². The number of hydrogen-bond acceptors (Lipinski definition) is 3. The molecule has 30 heavy (non-hydrogen) atoms. The molecule has 0 aromatic heterocycles. The molecule has 0 spiro atoms. The molecule has 4 fully saturated rings. The highest BCUT2D eigenvalue weighted by molar-refractivity contribution is 6.77. The largest absolute Gasteiger partial charge is 0.412 e. The molecule has 3 nitrogen and oxygen atoms in total. The molecule has 4 bridgehead atoms. The first-order valence-corrected chi connectivity index (χ1v) is 14.6. The van der Waals surface area contributed by atoms with Gasteiger partial charge in [0.1, 0.15) is 0 Å². The Morgan fingerprint density at radius 1 is 0.900 bits per heavy atom. The molecule has 0 radical (unpaired) electrons. The lowest BCUT2D eigenvalue weighted by atomic mass is 9.54. The predicted molar refractivity (Wildman–Crippen MR) is 131 cm³/mol. The Morgan fingerprint density at radius 3 is 1.93 bits per heavy atom. The van der Waals surface area contributed by atoms with Crippen LogP contribution < -0.4 is 11.1 Å². The van der Waals surface area contributed by atoms with Gasteiger partial charge in [0.05, 0.1) is 18.0 Å². The van der Waals surface area contributed by atoms with Crippen molar-refractivity contribution in [1.29, 1.82) is 0 Å². The summed E-state index contributed by atoms with van der Waals surface area (Å²) >= 11 is 0. The van der Waals surface area contributed by atoms with Gasteiger partial charge in [-0.15, -0.1) is 0 Å². The Labute approximate surface area is 185 Å². The molecular formula is C26H44N2OSi. The minimum absolute atomic E-state index is 0.608. The fraction of sp³-hybridized carbons (Fsp3) is 0.769. The van der Waals surface area contributed by atoms with Crippen molar-refractivity contribution in [3.05, 3.63) is 23.8 Å². The van der Waals surface area contributed by atoms with Crippen LogP contribution in [0.4, 0.5) is 11.4 Å². The molecule has 4 aliphatic rings. The second-order valence-electron chi connectivity index (χ2n) is 11.6. The molecule has 0 amide bonds. The van der Waals surface area contributed by atoms with Gasteiger partial charge < -0.3 is 15.5 Å². The molecule has 0 atom stereocenters. The topological polar surface area (TPSA) is 47.3 Å². The molecule has 0 aliphatic heterocycles. The average molecular weight is 429 g/mol. The molecule has 0 heterocycles. The lowest BCUT2D eigenvalue weighted by molar-refractivity contribution is 0.00756. The third kappa shape index (κ3) is 3.95. The number of anilines is 2. The first-order chi connectivity index (χ1) is 14.2. The summed E-state index contributed by atoms with van der Waals surface area (Å²) in [6.45, 7) is 14.8. The Bertz CT molecular complexity index is 695. The Balaban J connectivity index is 1.48. The van der Waals surface area contributed by atoms with Crippen LogP contribution in [0.25, 0.3) is 0 Å². The summed E-state index contributed by atoms with van der Waals surface area (Å²) in [4.78, 5) is 0. The van der Waals surface area contributed by atoms with Crippen LogP contribution in [0.5, 0.6) is 0 Å². The fourth-order valence-electron chi connectivity index (χ4n) is 7.87. The van der Waals surface area contributed by atoms with Crippen molar-refractivity contribution in [2.45, 2.75) is 103 Å². The number of nitrogens with two attached hydrogens (primary N) is 1. The average Bonchev–Trinajstić information content (AvgIpc) is 2.65. The van der Waals surface area contributed by atoms with Gasteiger partial charge in [-0.3, -0.25) is 0 Å². The van der Waals surface area contributed by atoms with Crippen molar-refractivity contribution >= 4 is 19.7 Å². The highest BCUT2D eigenvalue weighted by Gasteiger charge is 2.48. The lowest BCUT2D eigenvalue weighted by Crippen LogP contribution is -2.51. The van der Waals surface area contributed by atoms with Gasteiger partial charge in [0.15, 0.2) is 0 Å². The number of benzene rings is 1. The minimum Gasteiger partial charge on any atom is -0.412 e. The number of nitrogen functional groups attached to an aromatic ring is 1. The molecule has 4 saturated carbocycles. The Kier molecular flexibility index (Phi) is 6.29. The molecule has 4 aliphatic carbocycles. The van der Waals surface area contributed by atoms with E-state index < -0.39 is 8.32 Å². The van der Waals surface area contributed by atoms with E-state index in [-0.39, 0.29) is 0 Å².